The second-order valence-electron chi connectivity index (χ2n) is 7.35. The zero-order valence-corrected chi connectivity index (χ0v) is 13.7. The maximum atomic E-state index is 3.80. The van der Waals surface area contributed by atoms with Crippen LogP contribution in [0.5, 0.6) is 0 Å². The van der Waals surface area contributed by atoms with Crippen molar-refractivity contribution in [1.82, 2.24) is 5.32 Å². The molecule has 2 heteroatoms. The molecule has 1 saturated carbocycles. The van der Waals surface area contributed by atoms with Crippen LogP contribution in [0.1, 0.15) is 52.4 Å². The van der Waals surface area contributed by atoms with Crippen molar-refractivity contribution in [1.29, 1.82) is 0 Å². The van der Waals surface area contributed by atoms with Gasteiger partial charge in [-0.05, 0) is 31.1 Å². The quantitative estimate of drug-likeness (QED) is 0.591. The van der Waals surface area contributed by atoms with Gasteiger partial charge in [0.2, 0.25) is 0 Å². The highest BCUT2D eigenvalue weighted by atomic mass is 28.3. The Morgan fingerprint density at radius 2 is 1.82 bits per heavy atom. The summed E-state index contributed by atoms with van der Waals surface area (Å²) in [5, 5.41) is 3.80. The van der Waals surface area contributed by atoms with Gasteiger partial charge in [0.05, 0.1) is 0 Å². The molecule has 1 aliphatic rings. The van der Waals surface area contributed by atoms with Gasteiger partial charge in [-0.1, -0.05) is 52.4 Å². The zero-order valence-electron chi connectivity index (χ0n) is 12.7. The third-order valence-corrected chi connectivity index (χ3v) is 5.87. The summed E-state index contributed by atoms with van der Waals surface area (Å²) >= 11 is 0. The summed E-state index contributed by atoms with van der Waals surface area (Å²) in [5.41, 5.74) is 0.600. The summed E-state index contributed by atoms with van der Waals surface area (Å²) in [4.78, 5) is 0. The lowest BCUT2D eigenvalue weighted by molar-refractivity contribution is 0.257. The Morgan fingerprint density at radius 1 is 1.18 bits per heavy atom. The predicted molar refractivity (Wildman–Crippen MR) is 81.4 cm³/mol. The van der Waals surface area contributed by atoms with E-state index in [0.29, 0.717) is 5.41 Å². The van der Waals surface area contributed by atoms with Gasteiger partial charge in [0.1, 0.15) is 0 Å². The normalized spacial score (nSPS) is 20.3. The number of rotatable bonds is 9. The maximum Gasteiger partial charge on any atom is 0.0448 e. The van der Waals surface area contributed by atoms with Crippen LogP contribution in [0.25, 0.3) is 0 Å². The number of nitrogens with one attached hydrogen (secondary N) is 1. The number of hydrogen-bond donors (Lipinski definition) is 1. The molecular formula is C15H33NSi. The van der Waals surface area contributed by atoms with Crippen LogP contribution in [0.4, 0.5) is 0 Å². The molecule has 0 bridgehead atoms. The van der Waals surface area contributed by atoms with Gasteiger partial charge in [0.15, 0.2) is 0 Å². The Kier molecular flexibility index (Phi) is 5.71. The maximum absolute atomic E-state index is 3.80. The van der Waals surface area contributed by atoms with Crippen LogP contribution in [0.2, 0.25) is 25.7 Å². The molecule has 1 fully saturated rings. The fourth-order valence-corrected chi connectivity index (χ4v) is 5.79. The molecule has 0 spiro atoms. The van der Waals surface area contributed by atoms with E-state index in [1.807, 2.05) is 0 Å². The fraction of sp³-hybridized carbons (Fsp3) is 1.00. The Balaban J connectivity index is 2.56. The molecule has 1 aliphatic carbocycles. The highest BCUT2D eigenvalue weighted by molar-refractivity contribution is 6.76. The molecule has 1 nitrogen and oxygen atoms in total. The molecule has 0 aromatic rings. The van der Waals surface area contributed by atoms with Gasteiger partial charge < -0.3 is 5.32 Å². The van der Waals surface area contributed by atoms with Gasteiger partial charge in [-0.15, -0.1) is 0 Å². The van der Waals surface area contributed by atoms with E-state index in [1.54, 1.807) is 0 Å². The molecule has 0 heterocycles. The highest BCUT2D eigenvalue weighted by Crippen LogP contribution is 2.38. The molecule has 0 aromatic carbocycles. The molecule has 1 N–H and O–H groups in total. The van der Waals surface area contributed by atoms with Crippen molar-refractivity contribution in [3.05, 3.63) is 0 Å². The van der Waals surface area contributed by atoms with Crippen LogP contribution in [0.15, 0.2) is 0 Å². The van der Waals surface area contributed by atoms with E-state index < -0.39 is 8.07 Å². The van der Waals surface area contributed by atoms with Crippen molar-refractivity contribution in [2.24, 2.45) is 5.41 Å². The molecule has 0 aliphatic heterocycles. The largest absolute Gasteiger partial charge is 0.313 e. The fourth-order valence-electron chi connectivity index (χ4n) is 2.99. The molecule has 1 unspecified atom stereocenters. The molecular weight excluding hydrogens is 222 g/mol. The van der Waals surface area contributed by atoms with Crippen LogP contribution >= 0.6 is 0 Å². The van der Waals surface area contributed by atoms with Crippen LogP contribution in [0.3, 0.4) is 0 Å². The first-order valence-electron chi connectivity index (χ1n) is 7.64. The SMILES string of the molecule is CCCCC(CC)(CNC1CC1)C[Si](C)(C)C. The second-order valence-corrected chi connectivity index (χ2v) is 12.8. The first kappa shape index (κ1) is 15.2. The van der Waals surface area contributed by atoms with Crippen molar-refractivity contribution in [2.75, 3.05) is 6.54 Å². The van der Waals surface area contributed by atoms with Gasteiger partial charge in [0, 0.05) is 20.7 Å². The minimum atomic E-state index is -0.955. The molecule has 1 atom stereocenters. The lowest BCUT2D eigenvalue weighted by Crippen LogP contribution is -2.40. The van der Waals surface area contributed by atoms with Crippen molar-refractivity contribution >= 4 is 8.07 Å². The summed E-state index contributed by atoms with van der Waals surface area (Å²) in [6, 6.07) is 2.36. The van der Waals surface area contributed by atoms with Crippen molar-refractivity contribution in [3.63, 3.8) is 0 Å². The first-order valence-corrected chi connectivity index (χ1v) is 11.3. The summed E-state index contributed by atoms with van der Waals surface area (Å²) < 4.78 is 0. The van der Waals surface area contributed by atoms with E-state index in [9.17, 15) is 0 Å². The molecule has 0 amide bonds. The summed E-state index contributed by atoms with van der Waals surface area (Å²) in [7, 11) is -0.955. The minimum absolute atomic E-state index is 0.600. The van der Waals surface area contributed by atoms with Crippen LogP contribution in [-0.4, -0.2) is 20.7 Å². The van der Waals surface area contributed by atoms with E-state index in [4.69, 9.17) is 0 Å². The van der Waals surface area contributed by atoms with Crippen molar-refractivity contribution in [3.8, 4) is 0 Å². The van der Waals surface area contributed by atoms with Crippen LogP contribution < -0.4 is 5.32 Å². The molecule has 0 aromatic heterocycles. The Morgan fingerprint density at radius 3 is 2.24 bits per heavy atom. The molecule has 17 heavy (non-hydrogen) atoms. The monoisotopic (exact) mass is 255 g/mol. The summed E-state index contributed by atoms with van der Waals surface area (Å²) in [6.45, 7) is 13.6. The molecule has 102 valence electrons. The third kappa shape index (κ3) is 6.05. The molecule has 1 rings (SSSR count). The number of unbranched alkanes of at least 4 members (excludes halogenated alkanes) is 1. The second kappa shape index (κ2) is 6.37. The Labute approximate surface area is 110 Å². The Bertz CT molecular complexity index is 217. The van der Waals surface area contributed by atoms with Gasteiger partial charge >= 0.3 is 0 Å². The van der Waals surface area contributed by atoms with Gasteiger partial charge in [-0.25, -0.2) is 0 Å². The van der Waals surface area contributed by atoms with Crippen LogP contribution in [-0.2, 0) is 0 Å². The van der Waals surface area contributed by atoms with Crippen LogP contribution in [0, 0.1) is 5.41 Å². The van der Waals surface area contributed by atoms with Crippen molar-refractivity contribution in [2.45, 2.75) is 84.1 Å². The third-order valence-electron chi connectivity index (χ3n) is 4.06. The topological polar surface area (TPSA) is 12.0 Å². The average Bonchev–Trinajstić information content (AvgIpc) is 3.04. The van der Waals surface area contributed by atoms with Gasteiger partial charge in [0.25, 0.3) is 0 Å². The van der Waals surface area contributed by atoms with E-state index >= 15 is 0 Å². The van der Waals surface area contributed by atoms with E-state index in [-0.39, 0.29) is 0 Å². The Hall–Kier alpha value is 0.177. The molecule has 0 saturated heterocycles. The van der Waals surface area contributed by atoms with E-state index in [2.05, 4.69) is 38.8 Å². The smallest absolute Gasteiger partial charge is 0.0448 e. The average molecular weight is 256 g/mol. The van der Waals surface area contributed by atoms with Gasteiger partial charge in [-0.2, -0.15) is 0 Å². The summed E-state index contributed by atoms with van der Waals surface area (Å²) in [5.74, 6) is 0. The predicted octanol–water partition coefficient (Wildman–Crippen LogP) is 4.66. The lowest BCUT2D eigenvalue weighted by Gasteiger charge is -2.38. The standard InChI is InChI=1S/C15H33NSi/c1-6-8-11-15(7-2,13-17(3,4)5)12-16-14-9-10-14/h14,16H,6-13H2,1-5H3. The summed E-state index contributed by atoms with van der Waals surface area (Å²) in [6.07, 6.45) is 8.38. The van der Waals surface area contributed by atoms with Gasteiger partial charge in [-0.3, -0.25) is 0 Å². The van der Waals surface area contributed by atoms with E-state index in [1.165, 1.54) is 51.1 Å². The van der Waals surface area contributed by atoms with E-state index in [0.717, 1.165) is 6.04 Å². The van der Waals surface area contributed by atoms with Crippen molar-refractivity contribution < 1.29 is 0 Å². The lowest BCUT2D eigenvalue weighted by atomic mass is 9.82. The zero-order chi connectivity index (χ0) is 12.9. The minimum Gasteiger partial charge on any atom is -0.313 e. The highest BCUT2D eigenvalue weighted by Gasteiger charge is 2.34. The number of hydrogen-bond acceptors (Lipinski definition) is 1. The first-order chi connectivity index (χ1) is 7.91. The molecule has 0 radical (unpaired) electrons.